The molecule has 0 aromatic heterocycles. The van der Waals surface area contributed by atoms with Crippen molar-refractivity contribution in [3.8, 4) is 11.5 Å². The van der Waals surface area contributed by atoms with Crippen LogP contribution in [0.1, 0.15) is 32.3 Å². The van der Waals surface area contributed by atoms with Crippen LogP contribution >= 0.6 is 34.2 Å². The van der Waals surface area contributed by atoms with Crippen LogP contribution < -0.4 is 20.2 Å². The van der Waals surface area contributed by atoms with Crippen LogP contribution in [0.5, 0.6) is 11.5 Å². The summed E-state index contributed by atoms with van der Waals surface area (Å²) in [6, 6.07) is 10.5. The first-order valence-corrected chi connectivity index (χ1v) is 10.9. The average molecular weight is 544 g/mol. The minimum Gasteiger partial charge on any atom is -0.490 e. The van der Waals surface area contributed by atoms with Crippen molar-refractivity contribution in [1.82, 2.24) is 5.43 Å². The Bertz CT molecular complexity index is 921. The fraction of sp³-hybridized carbons (Fsp3) is 0.286. The number of rotatable bonds is 10. The van der Waals surface area contributed by atoms with Crippen molar-refractivity contribution in [2.24, 2.45) is 5.10 Å². The predicted octanol–water partition coefficient (Wildman–Crippen LogP) is 4.61. The van der Waals surface area contributed by atoms with Gasteiger partial charge in [-0.2, -0.15) is 5.10 Å². The highest BCUT2D eigenvalue weighted by Gasteiger charge is 2.12. The van der Waals surface area contributed by atoms with Gasteiger partial charge in [0.1, 0.15) is 6.42 Å². The average Bonchev–Trinajstić information content (AvgIpc) is 2.69. The maximum Gasteiger partial charge on any atom is 0.249 e. The maximum absolute atomic E-state index is 12.0. The van der Waals surface area contributed by atoms with Crippen LogP contribution in [0.3, 0.4) is 0 Å². The van der Waals surface area contributed by atoms with Gasteiger partial charge in [-0.15, -0.1) is 0 Å². The molecule has 160 valence electrons. The highest BCUT2D eigenvalue weighted by molar-refractivity contribution is 14.1. The third-order valence-corrected chi connectivity index (χ3v) is 4.79. The van der Waals surface area contributed by atoms with Crippen LogP contribution in [0.2, 0.25) is 5.02 Å². The molecule has 0 saturated heterocycles. The van der Waals surface area contributed by atoms with Gasteiger partial charge in [0.15, 0.2) is 11.5 Å². The number of hydrogen-bond donors (Lipinski definition) is 2. The Morgan fingerprint density at radius 3 is 2.63 bits per heavy atom. The number of para-hydroxylation sites is 1. The van der Waals surface area contributed by atoms with Crippen molar-refractivity contribution < 1.29 is 19.1 Å². The first-order chi connectivity index (χ1) is 14.4. The highest BCUT2D eigenvalue weighted by Crippen LogP contribution is 2.34. The molecule has 0 aliphatic rings. The molecule has 0 bridgehead atoms. The van der Waals surface area contributed by atoms with Crippen molar-refractivity contribution in [3.63, 3.8) is 0 Å². The van der Waals surface area contributed by atoms with Crippen molar-refractivity contribution in [3.05, 3.63) is 50.6 Å². The molecule has 9 heteroatoms. The first-order valence-electron chi connectivity index (χ1n) is 9.40. The van der Waals surface area contributed by atoms with Gasteiger partial charge < -0.3 is 14.8 Å². The standard InChI is InChI=1S/C21H23ClIN3O4/c1-3-9-30-21-16(23)10-14(11-18(21)29-4-2)13-24-26-20(28)12-19(27)25-17-8-6-5-7-15(17)22/h5-8,10-11,13H,3-4,9,12H2,1-2H3,(H,25,27)(H,26,28). The monoisotopic (exact) mass is 543 g/mol. The van der Waals surface area contributed by atoms with Crippen LogP contribution in [0.25, 0.3) is 0 Å². The molecule has 0 heterocycles. The van der Waals surface area contributed by atoms with E-state index in [-0.39, 0.29) is 6.42 Å². The topological polar surface area (TPSA) is 89.0 Å². The molecule has 2 amide bonds. The van der Waals surface area contributed by atoms with Gasteiger partial charge in [0.2, 0.25) is 11.8 Å². The van der Waals surface area contributed by atoms with E-state index in [1.807, 2.05) is 19.9 Å². The summed E-state index contributed by atoms with van der Waals surface area (Å²) < 4.78 is 12.3. The fourth-order valence-corrected chi connectivity index (χ4v) is 3.35. The quantitative estimate of drug-likeness (QED) is 0.198. The number of nitrogens with zero attached hydrogens (tertiary/aromatic N) is 1. The number of hydrazone groups is 1. The molecule has 0 radical (unpaired) electrons. The number of benzene rings is 2. The van der Waals surface area contributed by atoms with Crippen LogP contribution in [-0.4, -0.2) is 31.2 Å². The predicted molar refractivity (Wildman–Crippen MR) is 127 cm³/mol. The summed E-state index contributed by atoms with van der Waals surface area (Å²) in [5.74, 6) is 0.279. The molecule has 0 aliphatic heterocycles. The van der Waals surface area contributed by atoms with E-state index in [0.717, 1.165) is 15.6 Å². The summed E-state index contributed by atoms with van der Waals surface area (Å²) in [6.07, 6.45) is 1.99. The van der Waals surface area contributed by atoms with E-state index in [4.69, 9.17) is 21.1 Å². The van der Waals surface area contributed by atoms with Gasteiger partial charge in [-0.1, -0.05) is 30.7 Å². The second kappa shape index (κ2) is 12.4. The third-order valence-electron chi connectivity index (χ3n) is 3.65. The summed E-state index contributed by atoms with van der Waals surface area (Å²) in [5.41, 5.74) is 3.52. The van der Waals surface area contributed by atoms with Gasteiger partial charge in [0.25, 0.3) is 0 Å². The summed E-state index contributed by atoms with van der Waals surface area (Å²) >= 11 is 8.15. The number of carbonyl (C=O) groups excluding carboxylic acids is 2. The van der Waals surface area contributed by atoms with E-state index < -0.39 is 11.8 Å². The lowest BCUT2D eigenvalue weighted by Crippen LogP contribution is -2.24. The zero-order valence-electron chi connectivity index (χ0n) is 16.7. The molecule has 0 saturated carbocycles. The Labute approximate surface area is 194 Å². The van der Waals surface area contributed by atoms with Gasteiger partial charge in [-0.05, 0) is 65.8 Å². The van der Waals surface area contributed by atoms with Gasteiger partial charge in [-0.25, -0.2) is 5.43 Å². The number of nitrogens with one attached hydrogen (secondary N) is 2. The Morgan fingerprint density at radius 1 is 1.17 bits per heavy atom. The highest BCUT2D eigenvalue weighted by atomic mass is 127. The smallest absolute Gasteiger partial charge is 0.249 e. The molecular weight excluding hydrogens is 521 g/mol. The van der Waals surface area contributed by atoms with E-state index in [9.17, 15) is 9.59 Å². The van der Waals surface area contributed by atoms with Crippen molar-refractivity contribution in [1.29, 1.82) is 0 Å². The van der Waals surface area contributed by atoms with Gasteiger partial charge in [0.05, 0.1) is 33.7 Å². The molecule has 0 unspecified atom stereocenters. The second-order valence-corrected chi connectivity index (χ2v) is 7.68. The van der Waals surface area contributed by atoms with Gasteiger partial charge in [0, 0.05) is 0 Å². The second-order valence-electron chi connectivity index (χ2n) is 6.11. The molecule has 2 rings (SSSR count). The Hall–Kier alpha value is -2.33. The number of carbonyl (C=O) groups is 2. The van der Waals surface area contributed by atoms with Crippen LogP contribution in [0.15, 0.2) is 41.5 Å². The number of amides is 2. The zero-order valence-corrected chi connectivity index (χ0v) is 19.6. The van der Waals surface area contributed by atoms with Crippen molar-refractivity contribution in [2.45, 2.75) is 26.7 Å². The molecule has 0 aliphatic carbocycles. The summed E-state index contributed by atoms with van der Waals surface area (Å²) in [5, 5.41) is 6.91. The first kappa shape index (κ1) is 23.9. The van der Waals surface area contributed by atoms with E-state index >= 15 is 0 Å². The third kappa shape index (κ3) is 7.49. The van der Waals surface area contributed by atoms with Gasteiger partial charge in [-0.3, -0.25) is 9.59 Å². The van der Waals surface area contributed by atoms with E-state index in [1.165, 1.54) is 6.21 Å². The van der Waals surface area contributed by atoms with Crippen LogP contribution in [-0.2, 0) is 9.59 Å². The molecule has 2 aromatic carbocycles. The van der Waals surface area contributed by atoms with Crippen LogP contribution in [0.4, 0.5) is 5.69 Å². The van der Waals surface area contributed by atoms with E-state index in [1.54, 1.807) is 30.3 Å². The summed E-state index contributed by atoms with van der Waals surface area (Å²) in [7, 11) is 0. The lowest BCUT2D eigenvalue weighted by molar-refractivity contribution is -0.126. The molecular formula is C21H23ClIN3O4. The van der Waals surface area contributed by atoms with Crippen molar-refractivity contribution in [2.75, 3.05) is 18.5 Å². The normalized spacial score (nSPS) is 10.7. The Kier molecular flexibility index (Phi) is 9.88. The fourth-order valence-electron chi connectivity index (χ4n) is 2.39. The van der Waals surface area contributed by atoms with Crippen molar-refractivity contribution >= 4 is 57.9 Å². The zero-order chi connectivity index (χ0) is 21.9. The summed E-state index contributed by atoms with van der Waals surface area (Å²) in [4.78, 5) is 23.9. The maximum atomic E-state index is 12.0. The molecule has 0 atom stereocenters. The molecule has 0 spiro atoms. The SMILES string of the molecule is CCCOc1c(I)cc(C=NNC(=O)CC(=O)Nc2ccccc2Cl)cc1OCC. The minimum absolute atomic E-state index is 0.381. The Balaban J connectivity index is 1.96. The van der Waals surface area contributed by atoms with E-state index in [2.05, 4.69) is 38.4 Å². The number of hydrogen-bond acceptors (Lipinski definition) is 5. The number of ether oxygens (including phenoxy) is 2. The minimum atomic E-state index is -0.543. The lowest BCUT2D eigenvalue weighted by atomic mass is 10.2. The largest absolute Gasteiger partial charge is 0.490 e. The lowest BCUT2D eigenvalue weighted by Gasteiger charge is -2.14. The molecule has 2 N–H and O–H groups in total. The molecule has 2 aromatic rings. The molecule has 30 heavy (non-hydrogen) atoms. The van der Waals surface area contributed by atoms with Crippen LogP contribution in [0, 0.1) is 3.57 Å². The Morgan fingerprint density at radius 2 is 1.93 bits per heavy atom. The molecule has 7 nitrogen and oxygen atoms in total. The number of halogens is 2. The summed E-state index contributed by atoms with van der Waals surface area (Å²) in [6.45, 7) is 5.02. The molecule has 0 fully saturated rings. The van der Waals surface area contributed by atoms with E-state index in [0.29, 0.717) is 35.4 Å². The number of anilines is 1. The van der Waals surface area contributed by atoms with Gasteiger partial charge >= 0.3 is 0 Å².